The van der Waals surface area contributed by atoms with Crippen molar-refractivity contribution in [3.63, 3.8) is 0 Å². The van der Waals surface area contributed by atoms with Gasteiger partial charge in [0.25, 0.3) is 5.91 Å². The molecule has 0 saturated carbocycles. The van der Waals surface area contributed by atoms with Gasteiger partial charge in [0.15, 0.2) is 0 Å². The number of carbonyl (C=O) groups is 1. The van der Waals surface area contributed by atoms with Crippen LogP contribution < -0.4 is 10.2 Å². The van der Waals surface area contributed by atoms with Gasteiger partial charge >= 0.3 is 0 Å². The van der Waals surface area contributed by atoms with E-state index in [4.69, 9.17) is 4.74 Å². The van der Waals surface area contributed by atoms with Crippen molar-refractivity contribution in [1.29, 1.82) is 0 Å². The number of halogens is 2. The number of aromatic hydroxyl groups is 1. The van der Waals surface area contributed by atoms with Gasteiger partial charge in [-0.15, -0.1) is 0 Å². The SMILES string of the molecule is O=C(NN=Cc1ccc(OCc2ccc(Br)cc2)cc1)c1cc(Br)ccc1O. The van der Waals surface area contributed by atoms with Crippen LogP contribution in [0.15, 0.2) is 80.8 Å². The standard InChI is InChI=1S/C21H16Br2N2O3/c22-16-5-1-15(2-6-16)13-28-18-8-3-14(4-9-18)12-24-25-21(27)19-11-17(23)7-10-20(19)26/h1-12,26H,13H2,(H,25,27). The molecule has 0 radical (unpaired) electrons. The summed E-state index contributed by atoms with van der Waals surface area (Å²) < 4.78 is 7.47. The normalized spacial score (nSPS) is 10.8. The second kappa shape index (κ2) is 9.52. The summed E-state index contributed by atoms with van der Waals surface area (Å²) in [5.41, 5.74) is 4.41. The largest absolute Gasteiger partial charge is 0.507 e. The maximum Gasteiger partial charge on any atom is 0.275 e. The number of hydrogen-bond donors (Lipinski definition) is 2. The molecule has 3 aromatic carbocycles. The van der Waals surface area contributed by atoms with Crippen LogP contribution in [0.3, 0.4) is 0 Å². The zero-order valence-electron chi connectivity index (χ0n) is 14.6. The summed E-state index contributed by atoms with van der Waals surface area (Å²) in [7, 11) is 0. The molecule has 0 bridgehead atoms. The van der Waals surface area contributed by atoms with Crippen molar-refractivity contribution >= 4 is 44.0 Å². The van der Waals surface area contributed by atoms with Crippen LogP contribution >= 0.6 is 31.9 Å². The lowest BCUT2D eigenvalue weighted by Gasteiger charge is -2.06. The Balaban J connectivity index is 1.54. The molecule has 0 aliphatic carbocycles. The zero-order valence-corrected chi connectivity index (χ0v) is 17.8. The maximum absolute atomic E-state index is 12.1. The van der Waals surface area contributed by atoms with Crippen molar-refractivity contribution in [3.05, 3.63) is 92.4 Å². The minimum Gasteiger partial charge on any atom is -0.507 e. The molecule has 0 atom stereocenters. The highest BCUT2D eigenvalue weighted by atomic mass is 79.9. The predicted octanol–water partition coefficient (Wildman–Crippen LogP) is 5.26. The number of nitrogens with one attached hydrogen (secondary N) is 1. The van der Waals surface area contributed by atoms with Gasteiger partial charge in [-0.25, -0.2) is 5.43 Å². The molecular formula is C21H16Br2N2O3. The Bertz CT molecular complexity index is 988. The first kappa shape index (κ1) is 20.1. The number of phenolic OH excluding ortho intramolecular Hbond substituents is 1. The number of phenols is 1. The smallest absolute Gasteiger partial charge is 0.275 e. The summed E-state index contributed by atoms with van der Waals surface area (Å²) in [4.78, 5) is 12.1. The lowest BCUT2D eigenvalue weighted by Crippen LogP contribution is -2.17. The van der Waals surface area contributed by atoms with Crippen molar-refractivity contribution in [2.24, 2.45) is 5.10 Å². The lowest BCUT2D eigenvalue weighted by molar-refractivity contribution is 0.0952. The Morgan fingerprint density at radius 1 is 1.00 bits per heavy atom. The summed E-state index contributed by atoms with van der Waals surface area (Å²) in [6.07, 6.45) is 1.52. The quantitative estimate of drug-likeness (QED) is 0.356. The van der Waals surface area contributed by atoms with Gasteiger partial charge in [0.2, 0.25) is 0 Å². The number of amides is 1. The van der Waals surface area contributed by atoms with E-state index in [1.54, 1.807) is 6.07 Å². The predicted molar refractivity (Wildman–Crippen MR) is 116 cm³/mol. The zero-order chi connectivity index (χ0) is 19.9. The number of carbonyl (C=O) groups excluding carboxylic acids is 1. The van der Waals surface area contributed by atoms with E-state index in [0.29, 0.717) is 11.1 Å². The van der Waals surface area contributed by atoms with Gasteiger partial charge in [0.1, 0.15) is 18.1 Å². The number of ether oxygens (including phenoxy) is 1. The molecule has 0 unspecified atom stereocenters. The highest BCUT2D eigenvalue weighted by molar-refractivity contribution is 9.10. The average molecular weight is 504 g/mol. The van der Waals surface area contributed by atoms with Crippen LogP contribution in [0, 0.1) is 0 Å². The van der Waals surface area contributed by atoms with Gasteiger partial charge in [-0.3, -0.25) is 4.79 Å². The third-order valence-corrected chi connectivity index (χ3v) is 4.80. The number of hydrogen-bond acceptors (Lipinski definition) is 4. The summed E-state index contributed by atoms with van der Waals surface area (Å²) in [5, 5.41) is 13.7. The molecule has 1 amide bonds. The molecule has 0 aliphatic rings. The average Bonchev–Trinajstić information content (AvgIpc) is 2.70. The first-order valence-corrected chi connectivity index (χ1v) is 9.89. The summed E-state index contributed by atoms with van der Waals surface area (Å²) in [6.45, 7) is 0.479. The number of nitrogens with zero attached hydrogens (tertiary/aromatic N) is 1. The monoisotopic (exact) mass is 502 g/mol. The maximum atomic E-state index is 12.1. The van der Waals surface area contributed by atoms with Gasteiger partial charge < -0.3 is 9.84 Å². The van der Waals surface area contributed by atoms with E-state index in [9.17, 15) is 9.90 Å². The summed E-state index contributed by atoms with van der Waals surface area (Å²) in [6, 6.07) is 19.9. The topological polar surface area (TPSA) is 70.9 Å². The Hall–Kier alpha value is -2.64. The van der Waals surface area contributed by atoms with Crippen molar-refractivity contribution in [1.82, 2.24) is 5.43 Å². The van der Waals surface area contributed by atoms with Gasteiger partial charge in [-0.1, -0.05) is 44.0 Å². The lowest BCUT2D eigenvalue weighted by atomic mass is 10.2. The third kappa shape index (κ3) is 5.68. The second-order valence-corrected chi connectivity index (χ2v) is 7.68. The van der Waals surface area contributed by atoms with Crippen LogP contribution in [0.2, 0.25) is 0 Å². The molecule has 5 nitrogen and oxygen atoms in total. The van der Waals surface area contributed by atoms with Gasteiger partial charge in [0, 0.05) is 8.95 Å². The molecule has 7 heteroatoms. The Labute approximate surface area is 179 Å². The molecule has 0 saturated heterocycles. The van der Waals surface area contributed by atoms with E-state index in [2.05, 4.69) is 42.4 Å². The molecule has 0 aliphatic heterocycles. The number of benzene rings is 3. The van der Waals surface area contributed by atoms with E-state index >= 15 is 0 Å². The fourth-order valence-electron chi connectivity index (χ4n) is 2.31. The van der Waals surface area contributed by atoms with Gasteiger partial charge in [-0.2, -0.15) is 5.10 Å². The van der Waals surface area contributed by atoms with Crippen LogP contribution in [-0.2, 0) is 6.61 Å². The van der Waals surface area contributed by atoms with E-state index in [1.165, 1.54) is 18.3 Å². The molecule has 3 rings (SSSR count). The highest BCUT2D eigenvalue weighted by Gasteiger charge is 2.10. The third-order valence-electron chi connectivity index (χ3n) is 3.78. The summed E-state index contributed by atoms with van der Waals surface area (Å²) >= 11 is 6.67. The molecule has 0 fully saturated rings. The van der Waals surface area contributed by atoms with E-state index in [1.807, 2.05) is 48.5 Å². The van der Waals surface area contributed by atoms with Crippen molar-refractivity contribution in [2.75, 3.05) is 0 Å². The number of rotatable bonds is 6. The summed E-state index contributed by atoms with van der Waals surface area (Å²) in [5.74, 6) is 0.135. The molecule has 2 N–H and O–H groups in total. The van der Waals surface area contributed by atoms with Gasteiger partial charge in [0.05, 0.1) is 11.8 Å². The molecule has 3 aromatic rings. The highest BCUT2D eigenvalue weighted by Crippen LogP contribution is 2.21. The minimum atomic E-state index is -0.496. The van der Waals surface area contributed by atoms with Crippen LogP contribution in [0.1, 0.15) is 21.5 Å². The Kier molecular flexibility index (Phi) is 6.84. The second-order valence-electron chi connectivity index (χ2n) is 5.84. The first-order chi connectivity index (χ1) is 13.5. The Morgan fingerprint density at radius 3 is 2.39 bits per heavy atom. The molecule has 0 heterocycles. The minimum absolute atomic E-state index is 0.108. The van der Waals surface area contributed by atoms with Crippen molar-refractivity contribution < 1.29 is 14.6 Å². The Morgan fingerprint density at radius 2 is 1.68 bits per heavy atom. The van der Waals surface area contributed by atoms with E-state index < -0.39 is 5.91 Å². The van der Waals surface area contributed by atoms with Crippen LogP contribution in [0.5, 0.6) is 11.5 Å². The van der Waals surface area contributed by atoms with Gasteiger partial charge in [-0.05, 0) is 65.7 Å². The number of hydrazone groups is 1. The van der Waals surface area contributed by atoms with Crippen molar-refractivity contribution in [2.45, 2.75) is 6.61 Å². The molecule has 28 heavy (non-hydrogen) atoms. The van der Waals surface area contributed by atoms with Crippen LogP contribution in [-0.4, -0.2) is 17.2 Å². The molecule has 0 aromatic heterocycles. The fraction of sp³-hybridized carbons (Fsp3) is 0.0476. The molecular weight excluding hydrogens is 488 g/mol. The molecule has 142 valence electrons. The van der Waals surface area contributed by atoms with E-state index in [-0.39, 0.29) is 11.3 Å². The van der Waals surface area contributed by atoms with Crippen LogP contribution in [0.4, 0.5) is 0 Å². The molecule has 0 spiro atoms. The van der Waals surface area contributed by atoms with Crippen molar-refractivity contribution in [3.8, 4) is 11.5 Å². The first-order valence-electron chi connectivity index (χ1n) is 8.30. The van der Waals surface area contributed by atoms with Crippen LogP contribution in [0.25, 0.3) is 0 Å². The van der Waals surface area contributed by atoms with E-state index in [0.717, 1.165) is 21.3 Å². The fourth-order valence-corrected chi connectivity index (χ4v) is 2.94.